The zero-order chi connectivity index (χ0) is 20.6. The topological polar surface area (TPSA) is 61.7 Å². The van der Waals surface area contributed by atoms with Gasteiger partial charge in [-0.3, -0.25) is 9.69 Å². The monoisotopic (exact) mass is 399 g/mol. The van der Waals surface area contributed by atoms with Crippen molar-refractivity contribution in [3.05, 3.63) is 48.0 Å². The number of carbonyl (C=O) groups is 2. The van der Waals surface area contributed by atoms with E-state index in [0.29, 0.717) is 18.8 Å². The molecule has 0 bridgehead atoms. The summed E-state index contributed by atoms with van der Waals surface area (Å²) in [5.41, 5.74) is 1.82. The number of hydrogen-bond donors (Lipinski definition) is 0. The summed E-state index contributed by atoms with van der Waals surface area (Å²) >= 11 is 0. The van der Waals surface area contributed by atoms with Gasteiger partial charge in [-0.2, -0.15) is 9.78 Å². The van der Waals surface area contributed by atoms with Crippen LogP contribution in [0.5, 0.6) is 0 Å². The molecule has 154 valence electrons. The van der Waals surface area contributed by atoms with E-state index in [9.17, 15) is 14.0 Å². The summed E-state index contributed by atoms with van der Waals surface area (Å²) in [6.07, 6.45) is 5.16. The Morgan fingerprint density at radius 3 is 2.62 bits per heavy atom. The first-order chi connectivity index (χ1) is 13.8. The molecule has 2 amide bonds. The van der Waals surface area contributed by atoms with Gasteiger partial charge in [0.05, 0.1) is 18.1 Å². The van der Waals surface area contributed by atoms with E-state index < -0.39 is 0 Å². The van der Waals surface area contributed by atoms with Crippen molar-refractivity contribution in [1.29, 1.82) is 0 Å². The fraction of sp³-hybridized carbons (Fsp3) is 0.476. The lowest BCUT2D eigenvalue weighted by molar-refractivity contribution is -0.116. The maximum absolute atomic E-state index is 13.1. The third-order valence-corrected chi connectivity index (χ3v) is 6.17. The zero-order valence-corrected chi connectivity index (χ0v) is 16.8. The fourth-order valence-electron chi connectivity index (χ4n) is 4.36. The molecule has 0 N–H and O–H groups in total. The van der Waals surface area contributed by atoms with Crippen LogP contribution in [-0.4, -0.2) is 64.7 Å². The Labute approximate surface area is 169 Å². The van der Waals surface area contributed by atoms with Gasteiger partial charge in [0.2, 0.25) is 5.91 Å². The van der Waals surface area contributed by atoms with Crippen LogP contribution in [0.15, 0.2) is 36.7 Å². The molecule has 1 aromatic heterocycles. The average Bonchev–Trinajstić information content (AvgIpc) is 3.43. The van der Waals surface area contributed by atoms with Gasteiger partial charge in [0.15, 0.2) is 0 Å². The highest BCUT2D eigenvalue weighted by Gasteiger charge is 2.45. The van der Waals surface area contributed by atoms with Crippen LogP contribution >= 0.6 is 0 Å². The normalized spacial score (nSPS) is 21.8. The quantitative estimate of drug-likeness (QED) is 0.796. The molecule has 2 fully saturated rings. The van der Waals surface area contributed by atoms with Gasteiger partial charge < -0.3 is 9.80 Å². The van der Waals surface area contributed by atoms with Crippen molar-refractivity contribution in [3.63, 3.8) is 0 Å². The Bertz CT molecular complexity index is 912. The maximum atomic E-state index is 13.1. The van der Waals surface area contributed by atoms with Gasteiger partial charge in [0.25, 0.3) is 0 Å². The Hall–Kier alpha value is -2.74. The van der Waals surface area contributed by atoms with Crippen LogP contribution < -0.4 is 4.90 Å². The molecule has 8 heteroatoms. The molecular formula is C21H26FN5O2. The van der Waals surface area contributed by atoms with Crippen LogP contribution in [0.1, 0.15) is 25.3 Å². The van der Waals surface area contributed by atoms with E-state index in [0.717, 1.165) is 38.0 Å². The van der Waals surface area contributed by atoms with Gasteiger partial charge in [-0.05, 0) is 37.1 Å². The second-order valence-electron chi connectivity index (χ2n) is 8.26. The van der Waals surface area contributed by atoms with Gasteiger partial charge in [0.1, 0.15) is 5.82 Å². The maximum Gasteiger partial charge on any atom is 0.344 e. The number of hydrogen-bond acceptors (Lipinski definition) is 4. The van der Waals surface area contributed by atoms with E-state index in [1.807, 2.05) is 17.0 Å². The molecule has 0 saturated carbocycles. The summed E-state index contributed by atoms with van der Waals surface area (Å²) in [7, 11) is 1.66. The predicted molar refractivity (Wildman–Crippen MR) is 107 cm³/mol. The van der Waals surface area contributed by atoms with E-state index in [2.05, 4.69) is 10.00 Å². The number of rotatable bonds is 3. The summed E-state index contributed by atoms with van der Waals surface area (Å²) in [5, 5.41) is 4.15. The van der Waals surface area contributed by atoms with Crippen molar-refractivity contribution in [2.45, 2.75) is 26.3 Å². The summed E-state index contributed by atoms with van der Waals surface area (Å²) in [4.78, 5) is 30.1. The number of amides is 2. The van der Waals surface area contributed by atoms with Crippen molar-refractivity contribution in [1.82, 2.24) is 19.6 Å². The summed E-state index contributed by atoms with van der Waals surface area (Å²) in [5.74, 6) is -0.322. The third-order valence-electron chi connectivity index (χ3n) is 6.17. The molecule has 1 spiro atoms. The highest BCUT2D eigenvalue weighted by atomic mass is 19.1. The minimum atomic E-state index is -0.215. The summed E-state index contributed by atoms with van der Waals surface area (Å²) in [6, 6.07) is 6.51. The standard InChI is InChI=1S/C21H26FN5O2/c1-16(28)24(2)19-11-23-27(13-19)20(29)26-10-8-21(15-26)7-9-25(14-21)12-17-3-5-18(22)6-4-17/h3-6,11,13H,7-10,12,14-15H2,1-2H3. The van der Waals surface area contributed by atoms with E-state index in [1.54, 1.807) is 13.2 Å². The predicted octanol–water partition coefficient (Wildman–Crippen LogP) is 2.57. The van der Waals surface area contributed by atoms with Crippen molar-refractivity contribution in [2.75, 3.05) is 38.1 Å². The molecule has 1 unspecified atom stereocenters. The average molecular weight is 399 g/mol. The van der Waals surface area contributed by atoms with Crippen LogP contribution in [-0.2, 0) is 11.3 Å². The van der Waals surface area contributed by atoms with Gasteiger partial charge in [0, 0.05) is 45.6 Å². The molecule has 29 heavy (non-hydrogen) atoms. The number of halogens is 1. The number of anilines is 1. The number of aromatic nitrogens is 2. The van der Waals surface area contributed by atoms with Crippen molar-refractivity contribution < 1.29 is 14.0 Å². The number of carbonyl (C=O) groups excluding carboxylic acids is 2. The van der Waals surface area contributed by atoms with Gasteiger partial charge in [-0.15, -0.1) is 0 Å². The number of benzene rings is 1. The zero-order valence-electron chi connectivity index (χ0n) is 16.8. The van der Waals surface area contributed by atoms with Crippen LogP contribution in [0.2, 0.25) is 0 Å². The first-order valence-corrected chi connectivity index (χ1v) is 9.90. The lowest BCUT2D eigenvalue weighted by Gasteiger charge is -2.24. The molecule has 0 aliphatic carbocycles. The van der Waals surface area contributed by atoms with Crippen molar-refractivity contribution in [3.8, 4) is 0 Å². The minimum Gasteiger partial charge on any atom is -0.322 e. The molecule has 3 heterocycles. The first-order valence-electron chi connectivity index (χ1n) is 9.90. The Kier molecular flexibility index (Phi) is 5.12. The van der Waals surface area contributed by atoms with Crippen LogP contribution in [0.4, 0.5) is 14.9 Å². The largest absolute Gasteiger partial charge is 0.344 e. The highest BCUT2D eigenvalue weighted by Crippen LogP contribution is 2.40. The highest BCUT2D eigenvalue weighted by molar-refractivity contribution is 5.91. The Morgan fingerprint density at radius 2 is 1.90 bits per heavy atom. The number of nitrogens with zero attached hydrogens (tertiary/aromatic N) is 5. The Morgan fingerprint density at radius 1 is 1.17 bits per heavy atom. The number of likely N-dealkylation sites (tertiary alicyclic amines) is 2. The molecule has 2 aliphatic heterocycles. The SMILES string of the molecule is CC(=O)N(C)c1cnn(C(=O)N2CCC3(CCN(Cc4ccc(F)cc4)C3)C2)c1. The molecule has 2 saturated heterocycles. The lowest BCUT2D eigenvalue weighted by Crippen LogP contribution is -2.36. The van der Waals surface area contributed by atoms with E-state index in [1.165, 1.54) is 34.8 Å². The molecule has 2 aromatic rings. The molecule has 4 rings (SSSR count). The summed E-state index contributed by atoms with van der Waals surface area (Å²) < 4.78 is 14.4. The molecule has 1 aromatic carbocycles. The molecule has 0 radical (unpaired) electrons. The van der Waals surface area contributed by atoms with Crippen LogP contribution in [0.25, 0.3) is 0 Å². The minimum absolute atomic E-state index is 0.107. The van der Waals surface area contributed by atoms with E-state index >= 15 is 0 Å². The molecular weight excluding hydrogens is 373 g/mol. The third kappa shape index (κ3) is 4.03. The van der Waals surface area contributed by atoms with Gasteiger partial charge in [-0.1, -0.05) is 12.1 Å². The van der Waals surface area contributed by atoms with Gasteiger partial charge in [-0.25, -0.2) is 9.18 Å². The van der Waals surface area contributed by atoms with Crippen LogP contribution in [0.3, 0.4) is 0 Å². The first kappa shape index (κ1) is 19.6. The van der Waals surface area contributed by atoms with Crippen LogP contribution in [0, 0.1) is 11.2 Å². The lowest BCUT2D eigenvalue weighted by atomic mass is 9.86. The smallest absolute Gasteiger partial charge is 0.322 e. The molecule has 2 aliphatic rings. The second-order valence-corrected chi connectivity index (χ2v) is 8.26. The Balaban J connectivity index is 1.37. The van der Waals surface area contributed by atoms with Crippen molar-refractivity contribution in [2.24, 2.45) is 5.41 Å². The second kappa shape index (κ2) is 7.59. The van der Waals surface area contributed by atoms with Gasteiger partial charge >= 0.3 is 6.03 Å². The molecule has 1 atom stereocenters. The fourth-order valence-corrected chi connectivity index (χ4v) is 4.36. The van der Waals surface area contributed by atoms with E-state index in [4.69, 9.17) is 0 Å². The van der Waals surface area contributed by atoms with Crippen molar-refractivity contribution >= 4 is 17.6 Å². The molecule has 7 nitrogen and oxygen atoms in total. The van der Waals surface area contributed by atoms with E-state index in [-0.39, 0.29) is 23.2 Å². The summed E-state index contributed by atoms with van der Waals surface area (Å²) in [6.45, 7) is 5.61.